The van der Waals surface area contributed by atoms with Crippen LogP contribution in [0.25, 0.3) is 11.2 Å². The first kappa shape index (κ1) is 11.4. The number of rotatable bonds is 3. The van der Waals surface area contributed by atoms with Gasteiger partial charge in [0.15, 0.2) is 5.65 Å². The second-order valence-electron chi connectivity index (χ2n) is 4.98. The summed E-state index contributed by atoms with van der Waals surface area (Å²) in [5.41, 5.74) is 1.59. The predicted octanol–water partition coefficient (Wildman–Crippen LogP) is 1.11. The average molecular weight is 246 g/mol. The van der Waals surface area contributed by atoms with Gasteiger partial charge < -0.3 is 15.2 Å². The number of hydrogen-bond acceptors (Lipinski definition) is 5. The maximum atomic E-state index is 4.36. The molecule has 0 saturated carbocycles. The molecule has 6 heteroatoms. The highest BCUT2D eigenvalue weighted by Gasteiger charge is 2.17. The average Bonchev–Trinajstić information content (AvgIpc) is 2.84. The summed E-state index contributed by atoms with van der Waals surface area (Å²) in [4.78, 5) is 18.1. The van der Waals surface area contributed by atoms with Crippen LogP contribution < -0.4 is 5.32 Å². The van der Waals surface area contributed by atoms with Crippen molar-refractivity contribution in [3.8, 4) is 0 Å². The van der Waals surface area contributed by atoms with Crippen molar-refractivity contribution in [2.75, 3.05) is 32.0 Å². The first-order chi connectivity index (χ1) is 8.81. The van der Waals surface area contributed by atoms with Gasteiger partial charge in [-0.1, -0.05) is 0 Å². The number of aromatic nitrogens is 4. The molecule has 0 radical (unpaired) electrons. The molecule has 3 rings (SSSR count). The van der Waals surface area contributed by atoms with Crippen molar-refractivity contribution in [2.45, 2.75) is 12.8 Å². The van der Waals surface area contributed by atoms with E-state index in [2.05, 4.69) is 37.2 Å². The summed E-state index contributed by atoms with van der Waals surface area (Å²) < 4.78 is 0. The van der Waals surface area contributed by atoms with Gasteiger partial charge in [-0.3, -0.25) is 0 Å². The van der Waals surface area contributed by atoms with Gasteiger partial charge in [0, 0.05) is 13.1 Å². The van der Waals surface area contributed by atoms with Crippen LogP contribution in [0.15, 0.2) is 12.5 Å². The number of aromatic amines is 1. The van der Waals surface area contributed by atoms with Crippen LogP contribution >= 0.6 is 0 Å². The lowest BCUT2D eigenvalue weighted by atomic mass is 9.99. The minimum Gasteiger partial charge on any atom is -0.354 e. The standard InChI is InChI=1S/C12H18N6/c1-18-4-2-3-9(7-18)5-13-12-14-6-10-11(17-12)16-8-15-10/h6,8-9H,2-5,7H2,1H3,(H2,13,14,15,16,17). The van der Waals surface area contributed by atoms with Crippen molar-refractivity contribution >= 4 is 17.1 Å². The molecule has 1 unspecified atom stereocenters. The molecule has 6 nitrogen and oxygen atoms in total. The lowest BCUT2D eigenvalue weighted by molar-refractivity contribution is 0.217. The van der Waals surface area contributed by atoms with Crippen molar-refractivity contribution in [1.29, 1.82) is 0 Å². The van der Waals surface area contributed by atoms with Crippen LogP contribution in [0.3, 0.4) is 0 Å². The lowest BCUT2D eigenvalue weighted by Crippen LogP contribution is -2.35. The molecular formula is C12H18N6. The van der Waals surface area contributed by atoms with Crippen LogP contribution in [-0.4, -0.2) is 51.5 Å². The van der Waals surface area contributed by atoms with Gasteiger partial charge in [-0.25, -0.2) is 9.97 Å². The predicted molar refractivity (Wildman–Crippen MR) is 70.4 cm³/mol. The highest BCUT2D eigenvalue weighted by Crippen LogP contribution is 2.15. The number of anilines is 1. The first-order valence-electron chi connectivity index (χ1n) is 6.40. The summed E-state index contributed by atoms with van der Waals surface area (Å²) >= 11 is 0. The molecule has 2 aromatic heterocycles. The largest absolute Gasteiger partial charge is 0.354 e. The van der Waals surface area contributed by atoms with Crippen molar-refractivity contribution < 1.29 is 0 Å². The minimum atomic E-state index is 0.669. The van der Waals surface area contributed by atoms with Crippen molar-refractivity contribution in [2.24, 2.45) is 5.92 Å². The second-order valence-corrected chi connectivity index (χ2v) is 4.98. The SMILES string of the molecule is CN1CCCC(CNc2ncc3[nH]cnc3n2)C1. The van der Waals surface area contributed by atoms with E-state index in [0.29, 0.717) is 17.5 Å². The van der Waals surface area contributed by atoms with E-state index in [0.717, 1.165) is 18.6 Å². The zero-order valence-electron chi connectivity index (χ0n) is 10.6. The van der Waals surface area contributed by atoms with E-state index in [9.17, 15) is 0 Å². The van der Waals surface area contributed by atoms with Gasteiger partial charge >= 0.3 is 0 Å². The number of nitrogens with one attached hydrogen (secondary N) is 2. The Bertz CT molecular complexity index is 522. The van der Waals surface area contributed by atoms with Crippen LogP contribution in [0.4, 0.5) is 5.95 Å². The molecular weight excluding hydrogens is 228 g/mol. The zero-order valence-corrected chi connectivity index (χ0v) is 10.6. The molecule has 1 saturated heterocycles. The van der Waals surface area contributed by atoms with Gasteiger partial charge in [-0.05, 0) is 32.4 Å². The second kappa shape index (κ2) is 4.89. The summed E-state index contributed by atoms with van der Waals surface area (Å²) in [7, 11) is 2.18. The molecule has 18 heavy (non-hydrogen) atoms. The third kappa shape index (κ3) is 2.43. The third-order valence-corrected chi connectivity index (χ3v) is 3.45. The zero-order chi connectivity index (χ0) is 12.4. The Morgan fingerprint density at radius 1 is 1.50 bits per heavy atom. The van der Waals surface area contributed by atoms with E-state index in [1.165, 1.54) is 19.4 Å². The highest BCUT2D eigenvalue weighted by molar-refractivity contribution is 5.69. The molecule has 1 fully saturated rings. The molecule has 0 amide bonds. The van der Waals surface area contributed by atoms with Crippen LogP contribution in [0.1, 0.15) is 12.8 Å². The molecule has 96 valence electrons. The molecule has 2 aromatic rings. The van der Waals surface area contributed by atoms with Crippen LogP contribution in [0.2, 0.25) is 0 Å². The van der Waals surface area contributed by atoms with E-state index >= 15 is 0 Å². The fourth-order valence-corrected chi connectivity index (χ4v) is 2.50. The molecule has 3 heterocycles. The Hall–Kier alpha value is -1.69. The van der Waals surface area contributed by atoms with E-state index in [1.54, 1.807) is 12.5 Å². The van der Waals surface area contributed by atoms with Gasteiger partial charge in [0.25, 0.3) is 0 Å². The van der Waals surface area contributed by atoms with Gasteiger partial charge in [0.1, 0.15) is 5.52 Å². The maximum absolute atomic E-state index is 4.36. The molecule has 2 N–H and O–H groups in total. The summed E-state index contributed by atoms with van der Waals surface area (Å²) in [6, 6.07) is 0. The number of nitrogens with zero attached hydrogens (tertiary/aromatic N) is 4. The Labute approximate surface area is 106 Å². The Kier molecular flexibility index (Phi) is 3.10. The van der Waals surface area contributed by atoms with Crippen LogP contribution in [0, 0.1) is 5.92 Å². The fourth-order valence-electron chi connectivity index (χ4n) is 2.50. The Morgan fingerprint density at radius 3 is 3.33 bits per heavy atom. The van der Waals surface area contributed by atoms with E-state index in [1.807, 2.05) is 0 Å². The summed E-state index contributed by atoms with van der Waals surface area (Å²) in [5.74, 6) is 1.35. The summed E-state index contributed by atoms with van der Waals surface area (Å²) in [6.45, 7) is 3.30. The van der Waals surface area contributed by atoms with Gasteiger partial charge in [-0.2, -0.15) is 4.98 Å². The van der Waals surface area contributed by atoms with Crippen molar-refractivity contribution in [3.63, 3.8) is 0 Å². The maximum Gasteiger partial charge on any atom is 0.224 e. The van der Waals surface area contributed by atoms with E-state index in [-0.39, 0.29) is 0 Å². The van der Waals surface area contributed by atoms with E-state index < -0.39 is 0 Å². The van der Waals surface area contributed by atoms with Crippen LogP contribution in [0.5, 0.6) is 0 Å². The quantitative estimate of drug-likeness (QED) is 0.849. The number of hydrogen-bond donors (Lipinski definition) is 2. The molecule has 0 aromatic carbocycles. The smallest absolute Gasteiger partial charge is 0.224 e. The van der Waals surface area contributed by atoms with Gasteiger partial charge in [0.05, 0.1) is 12.5 Å². The topological polar surface area (TPSA) is 69.7 Å². The fraction of sp³-hybridized carbons (Fsp3) is 0.583. The molecule has 1 aliphatic heterocycles. The first-order valence-corrected chi connectivity index (χ1v) is 6.40. The normalized spacial score (nSPS) is 21.3. The number of fused-ring (bicyclic) bond motifs is 1. The summed E-state index contributed by atoms with van der Waals surface area (Å²) in [6.07, 6.45) is 5.97. The molecule has 0 spiro atoms. The van der Waals surface area contributed by atoms with Gasteiger partial charge in [-0.15, -0.1) is 0 Å². The monoisotopic (exact) mass is 246 g/mol. The van der Waals surface area contributed by atoms with Crippen molar-refractivity contribution in [3.05, 3.63) is 12.5 Å². The molecule has 0 aliphatic carbocycles. The summed E-state index contributed by atoms with van der Waals surface area (Å²) in [5, 5.41) is 3.31. The van der Waals surface area contributed by atoms with Crippen LogP contribution in [-0.2, 0) is 0 Å². The van der Waals surface area contributed by atoms with Crippen molar-refractivity contribution in [1.82, 2.24) is 24.8 Å². The van der Waals surface area contributed by atoms with Gasteiger partial charge in [0.2, 0.25) is 5.95 Å². The highest BCUT2D eigenvalue weighted by atomic mass is 15.1. The number of imidazole rings is 1. The number of H-pyrrole nitrogens is 1. The Morgan fingerprint density at radius 2 is 2.44 bits per heavy atom. The number of piperidine rings is 1. The third-order valence-electron chi connectivity index (χ3n) is 3.45. The molecule has 1 atom stereocenters. The molecule has 1 aliphatic rings. The Balaban J connectivity index is 1.61. The lowest BCUT2D eigenvalue weighted by Gasteiger charge is -2.29. The molecule has 0 bridgehead atoms. The van der Waals surface area contributed by atoms with E-state index in [4.69, 9.17) is 0 Å². The number of likely N-dealkylation sites (tertiary alicyclic amines) is 1. The minimum absolute atomic E-state index is 0.669.